The van der Waals surface area contributed by atoms with Crippen molar-refractivity contribution >= 4 is 0 Å². The summed E-state index contributed by atoms with van der Waals surface area (Å²) in [6, 6.07) is 8.47. The maximum Gasteiger partial charge on any atom is 0.416 e. The van der Waals surface area contributed by atoms with Gasteiger partial charge in [-0.3, -0.25) is 0 Å². The summed E-state index contributed by atoms with van der Waals surface area (Å²) in [5, 5.41) is 0. The molecule has 3 heteroatoms. The number of hydrogen-bond donors (Lipinski definition) is 0. The molecule has 3 rings (SSSR count). The Bertz CT molecular complexity index is 614. The predicted molar refractivity (Wildman–Crippen MR) is 96.5 cm³/mol. The van der Waals surface area contributed by atoms with Crippen molar-refractivity contribution in [2.45, 2.75) is 64.0 Å². The molecule has 136 valence electrons. The minimum Gasteiger partial charge on any atom is -0.166 e. The normalized spacial score (nSPS) is 27.2. The van der Waals surface area contributed by atoms with Crippen LogP contribution in [0.15, 0.2) is 48.1 Å². The van der Waals surface area contributed by atoms with Crippen molar-refractivity contribution in [3.63, 3.8) is 0 Å². The number of benzene rings is 1. The first-order valence-corrected chi connectivity index (χ1v) is 9.46. The van der Waals surface area contributed by atoms with Crippen molar-refractivity contribution in [1.82, 2.24) is 0 Å². The van der Waals surface area contributed by atoms with Gasteiger partial charge in [0.15, 0.2) is 0 Å². The molecule has 25 heavy (non-hydrogen) atoms. The summed E-state index contributed by atoms with van der Waals surface area (Å²) < 4.78 is 38.0. The number of aryl methyl sites for hydroxylation is 1. The van der Waals surface area contributed by atoms with Crippen molar-refractivity contribution in [2.24, 2.45) is 11.8 Å². The van der Waals surface area contributed by atoms with Gasteiger partial charge in [0.25, 0.3) is 0 Å². The number of rotatable bonds is 4. The summed E-state index contributed by atoms with van der Waals surface area (Å²) >= 11 is 0. The Kier molecular flexibility index (Phi) is 5.71. The van der Waals surface area contributed by atoms with Gasteiger partial charge in [0.2, 0.25) is 0 Å². The van der Waals surface area contributed by atoms with Gasteiger partial charge < -0.3 is 0 Å². The molecule has 0 nitrogen and oxygen atoms in total. The Hall–Kier alpha value is -1.51. The number of hydrogen-bond acceptors (Lipinski definition) is 0. The van der Waals surface area contributed by atoms with Crippen LogP contribution < -0.4 is 0 Å². The molecule has 0 aromatic heterocycles. The lowest BCUT2D eigenvalue weighted by Gasteiger charge is -2.26. The molecular formula is C22H27F3. The summed E-state index contributed by atoms with van der Waals surface area (Å²) in [6.07, 6.45) is 8.21. The minimum atomic E-state index is -4.23. The first-order chi connectivity index (χ1) is 11.9. The molecule has 2 aliphatic carbocycles. The Labute approximate surface area is 148 Å². The van der Waals surface area contributed by atoms with Gasteiger partial charge in [-0.05, 0) is 42.2 Å². The van der Waals surface area contributed by atoms with E-state index in [0.717, 1.165) is 23.8 Å². The number of halogens is 3. The molecular weight excluding hydrogens is 321 g/mol. The van der Waals surface area contributed by atoms with Gasteiger partial charge in [0, 0.05) is 5.92 Å². The quantitative estimate of drug-likeness (QED) is 0.551. The third kappa shape index (κ3) is 4.99. The average molecular weight is 348 g/mol. The fraction of sp³-hybridized carbons (Fsp3) is 0.545. The highest BCUT2D eigenvalue weighted by atomic mass is 19.4. The van der Waals surface area contributed by atoms with Gasteiger partial charge in [-0.1, -0.05) is 75.1 Å². The van der Waals surface area contributed by atoms with Crippen LogP contribution in [0, 0.1) is 11.8 Å². The maximum atomic E-state index is 12.7. The Morgan fingerprint density at radius 1 is 1.00 bits per heavy atom. The van der Waals surface area contributed by atoms with Crippen molar-refractivity contribution in [2.75, 3.05) is 0 Å². The maximum absolute atomic E-state index is 12.7. The smallest absolute Gasteiger partial charge is 0.166 e. The zero-order chi connectivity index (χ0) is 17.9. The second-order valence-corrected chi connectivity index (χ2v) is 7.76. The molecule has 0 saturated heterocycles. The minimum absolute atomic E-state index is 0.0555. The van der Waals surface area contributed by atoms with Gasteiger partial charge in [-0.2, -0.15) is 13.2 Å². The lowest BCUT2D eigenvalue weighted by atomic mass is 9.80. The van der Waals surface area contributed by atoms with Gasteiger partial charge >= 0.3 is 6.18 Å². The van der Waals surface area contributed by atoms with Crippen molar-refractivity contribution < 1.29 is 13.2 Å². The number of allylic oxidation sites excluding steroid dienone is 4. The third-order valence-corrected chi connectivity index (χ3v) is 5.81. The molecule has 1 saturated carbocycles. The standard InChI is InChI=1S/C22H27F3/c1-16-2-4-17(5-3-16)6-7-18-8-10-19(11-9-18)20-12-14-21(15-13-20)22(23,24)25/h8-12,14-17,20H,2-7,13H2,1H3. The summed E-state index contributed by atoms with van der Waals surface area (Å²) in [7, 11) is 0. The van der Waals surface area contributed by atoms with Crippen LogP contribution in [0.2, 0.25) is 0 Å². The van der Waals surface area contributed by atoms with Gasteiger partial charge in [-0.15, -0.1) is 0 Å². The van der Waals surface area contributed by atoms with Crippen LogP contribution in [0.25, 0.3) is 0 Å². The second kappa shape index (κ2) is 7.80. The highest BCUT2D eigenvalue weighted by Crippen LogP contribution is 2.35. The van der Waals surface area contributed by atoms with Crippen molar-refractivity contribution in [3.05, 3.63) is 59.2 Å². The SMILES string of the molecule is CC1CCC(CCc2ccc(C3C=CC(C(F)(F)F)=CC3)cc2)CC1. The van der Waals surface area contributed by atoms with E-state index in [1.54, 1.807) is 6.08 Å². The number of alkyl halides is 3. The molecule has 1 aromatic carbocycles. The molecule has 1 aromatic rings. The highest BCUT2D eigenvalue weighted by Gasteiger charge is 2.33. The molecule has 1 atom stereocenters. The first-order valence-electron chi connectivity index (χ1n) is 9.46. The van der Waals surface area contributed by atoms with E-state index in [4.69, 9.17) is 0 Å². The third-order valence-electron chi connectivity index (χ3n) is 5.81. The van der Waals surface area contributed by atoms with E-state index in [9.17, 15) is 13.2 Å². The van der Waals surface area contributed by atoms with E-state index < -0.39 is 11.7 Å². The zero-order valence-corrected chi connectivity index (χ0v) is 14.9. The Morgan fingerprint density at radius 3 is 2.24 bits per heavy atom. The van der Waals surface area contributed by atoms with Crippen LogP contribution in [0.5, 0.6) is 0 Å². The lowest BCUT2D eigenvalue weighted by molar-refractivity contribution is -0.0886. The van der Waals surface area contributed by atoms with Gasteiger partial charge in [-0.25, -0.2) is 0 Å². The van der Waals surface area contributed by atoms with E-state index in [1.165, 1.54) is 49.8 Å². The average Bonchev–Trinajstić information content (AvgIpc) is 2.61. The Morgan fingerprint density at radius 2 is 1.68 bits per heavy atom. The molecule has 0 radical (unpaired) electrons. The summed E-state index contributed by atoms with van der Waals surface area (Å²) in [5.41, 5.74) is 1.92. The van der Waals surface area contributed by atoms with E-state index >= 15 is 0 Å². The lowest BCUT2D eigenvalue weighted by Crippen LogP contribution is -2.13. The largest absolute Gasteiger partial charge is 0.416 e. The molecule has 0 aliphatic heterocycles. The fourth-order valence-corrected chi connectivity index (χ4v) is 4.00. The molecule has 1 unspecified atom stereocenters. The van der Waals surface area contributed by atoms with Crippen molar-refractivity contribution in [1.29, 1.82) is 0 Å². The highest BCUT2D eigenvalue weighted by molar-refractivity contribution is 5.36. The molecule has 1 fully saturated rings. The summed E-state index contributed by atoms with van der Waals surface area (Å²) in [4.78, 5) is 0. The first kappa shape index (κ1) is 18.3. The van der Waals surface area contributed by atoms with E-state index in [0.29, 0.717) is 6.42 Å². The topological polar surface area (TPSA) is 0 Å². The van der Waals surface area contributed by atoms with Crippen LogP contribution in [0.1, 0.15) is 62.5 Å². The summed E-state index contributed by atoms with van der Waals surface area (Å²) in [6.45, 7) is 2.35. The molecule has 0 heterocycles. The molecule has 0 spiro atoms. The molecule has 0 bridgehead atoms. The molecule has 2 aliphatic rings. The van der Waals surface area contributed by atoms with E-state index in [2.05, 4.69) is 31.2 Å². The monoisotopic (exact) mass is 348 g/mol. The van der Waals surface area contributed by atoms with Crippen LogP contribution >= 0.6 is 0 Å². The van der Waals surface area contributed by atoms with Crippen LogP contribution in [0.4, 0.5) is 13.2 Å². The van der Waals surface area contributed by atoms with E-state index in [-0.39, 0.29) is 5.92 Å². The Balaban J connectivity index is 1.51. The molecule has 0 amide bonds. The fourth-order valence-electron chi connectivity index (χ4n) is 4.00. The second-order valence-electron chi connectivity index (χ2n) is 7.76. The predicted octanol–water partition coefficient (Wildman–Crippen LogP) is 6.98. The van der Waals surface area contributed by atoms with Gasteiger partial charge in [0.05, 0.1) is 5.57 Å². The van der Waals surface area contributed by atoms with Crippen LogP contribution in [0.3, 0.4) is 0 Å². The van der Waals surface area contributed by atoms with E-state index in [1.807, 2.05) is 0 Å². The molecule has 0 N–H and O–H groups in total. The van der Waals surface area contributed by atoms with Gasteiger partial charge in [0.1, 0.15) is 0 Å². The van der Waals surface area contributed by atoms with Crippen molar-refractivity contribution in [3.8, 4) is 0 Å². The van der Waals surface area contributed by atoms with Crippen LogP contribution in [-0.4, -0.2) is 6.18 Å². The zero-order valence-electron chi connectivity index (χ0n) is 14.9. The van der Waals surface area contributed by atoms with Crippen LogP contribution in [-0.2, 0) is 6.42 Å². The summed E-state index contributed by atoms with van der Waals surface area (Å²) in [5.74, 6) is 1.81.